The molecule has 1 aliphatic heterocycles. The van der Waals surface area contributed by atoms with E-state index in [2.05, 4.69) is 20.3 Å². The Morgan fingerprint density at radius 2 is 2.04 bits per heavy atom. The van der Waals surface area contributed by atoms with Crippen molar-refractivity contribution < 1.29 is 9.53 Å². The Morgan fingerprint density at radius 1 is 1.26 bits per heavy atom. The van der Waals surface area contributed by atoms with Crippen LogP contribution in [0, 0.1) is 13.8 Å². The van der Waals surface area contributed by atoms with Crippen molar-refractivity contribution >= 4 is 34.4 Å². The standard InChI is InChI=1S/C20H21ClN4O2/c1-12-13(2)24-17-16(12)18(23-11-22-17)25-19(26)20(6-8-27-9-7-20)14-4-3-5-15(21)10-14/h3-5,10-11H,6-9H2,1-2H3,(H2,22,23,24,25,26). The molecule has 0 aliphatic carbocycles. The smallest absolute Gasteiger partial charge is 0.236 e. The molecule has 1 saturated heterocycles. The quantitative estimate of drug-likeness (QED) is 0.717. The molecule has 0 atom stereocenters. The van der Waals surface area contributed by atoms with Gasteiger partial charge in [0.2, 0.25) is 5.91 Å². The molecule has 2 N–H and O–H groups in total. The maximum atomic E-state index is 13.5. The highest BCUT2D eigenvalue weighted by molar-refractivity contribution is 6.30. The van der Waals surface area contributed by atoms with Crippen molar-refractivity contribution in [3.63, 3.8) is 0 Å². The van der Waals surface area contributed by atoms with Crippen LogP contribution in [0.1, 0.15) is 29.7 Å². The molecular weight excluding hydrogens is 364 g/mol. The lowest BCUT2D eigenvalue weighted by Gasteiger charge is -2.36. The number of hydrogen-bond acceptors (Lipinski definition) is 4. The van der Waals surface area contributed by atoms with E-state index >= 15 is 0 Å². The molecule has 1 aromatic carbocycles. The number of aromatic amines is 1. The Balaban J connectivity index is 1.76. The number of H-pyrrole nitrogens is 1. The van der Waals surface area contributed by atoms with Gasteiger partial charge in [-0.1, -0.05) is 23.7 Å². The molecule has 6 nitrogen and oxygen atoms in total. The summed E-state index contributed by atoms with van der Waals surface area (Å²) in [7, 11) is 0. The minimum atomic E-state index is -0.695. The lowest BCUT2D eigenvalue weighted by molar-refractivity contribution is -0.125. The van der Waals surface area contributed by atoms with E-state index in [0.29, 0.717) is 36.9 Å². The van der Waals surface area contributed by atoms with Gasteiger partial charge in [-0.2, -0.15) is 0 Å². The highest BCUT2D eigenvalue weighted by atomic mass is 35.5. The largest absolute Gasteiger partial charge is 0.381 e. The van der Waals surface area contributed by atoms with Gasteiger partial charge in [0.1, 0.15) is 17.8 Å². The summed E-state index contributed by atoms with van der Waals surface area (Å²) in [6, 6.07) is 7.52. The van der Waals surface area contributed by atoms with Crippen molar-refractivity contribution in [2.24, 2.45) is 0 Å². The number of ether oxygens (including phenoxy) is 1. The van der Waals surface area contributed by atoms with Crippen LogP contribution < -0.4 is 5.32 Å². The number of benzene rings is 1. The van der Waals surface area contributed by atoms with Gasteiger partial charge in [-0.15, -0.1) is 0 Å². The molecule has 1 amide bonds. The molecule has 0 unspecified atom stereocenters. The molecule has 140 valence electrons. The monoisotopic (exact) mass is 384 g/mol. The molecular formula is C20H21ClN4O2. The van der Waals surface area contributed by atoms with E-state index < -0.39 is 5.41 Å². The van der Waals surface area contributed by atoms with Crippen LogP contribution in [0.15, 0.2) is 30.6 Å². The Bertz CT molecular complexity index is 1010. The van der Waals surface area contributed by atoms with Gasteiger partial charge < -0.3 is 15.0 Å². The van der Waals surface area contributed by atoms with Crippen molar-refractivity contribution in [3.8, 4) is 0 Å². The third-order valence-electron chi connectivity index (χ3n) is 5.48. The fraction of sp³-hybridized carbons (Fsp3) is 0.350. The predicted octanol–water partition coefficient (Wildman–Crippen LogP) is 3.92. The maximum absolute atomic E-state index is 13.5. The van der Waals surface area contributed by atoms with Gasteiger partial charge in [0.15, 0.2) is 0 Å². The van der Waals surface area contributed by atoms with Crippen molar-refractivity contribution in [2.75, 3.05) is 18.5 Å². The minimum Gasteiger partial charge on any atom is -0.381 e. The van der Waals surface area contributed by atoms with Crippen LogP contribution >= 0.6 is 11.6 Å². The number of aryl methyl sites for hydroxylation is 2. The summed E-state index contributed by atoms with van der Waals surface area (Å²) in [4.78, 5) is 25.3. The van der Waals surface area contributed by atoms with Gasteiger partial charge in [-0.05, 0) is 49.9 Å². The number of carbonyl (C=O) groups excluding carboxylic acids is 1. The second kappa shape index (κ2) is 6.94. The van der Waals surface area contributed by atoms with Gasteiger partial charge in [0, 0.05) is 23.9 Å². The topological polar surface area (TPSA) is 79.9 Å². The van der Waals surface area contributed by atoms with E-state index in [9.17, 15) is 4.79 Å². The number of aromatic nitrogens is 3. The van der Waals surface area contributed by atoms with Crippen LogP contribution in [0.3, 0.4) is 0 Å². The molecule has 27 heavy (non-hydrogen) atoms. The average molecular weight is 385 g/mol. The number of fused-ring (bicyclic) bond motifs is 1. The molecule has 0 bridgehead atoms. The van der Waals surface area contributed by atoms with E-state index in [1.165, 1.54) is 6.33 Å². The highest BCUT2D eigenvalue weighted by Gasteiger charge is 2.42. The van der Waals surface area contributed by atoms with Crippen molar-refractivity contribution in [1.29, 1.82) is 0 Å². The van der Waals surface area contributed by atoms with Gasteiger partial charge in [0.05, 0.1) is 10.8 Å². The van der Waals surface area contributed by atoms with Gasteiger partial charge in [-0.25, -0.2) is 9.97 Å². The van der Waals surface area contributed by atoms with E-state index in [4.69, 9.17) is 16.3 Å². The zero-order chi connectivity index (χ0) is 19.0. The predicted molar refractivity (Wildman–Crippen MR) is 105 cm³/mol. The number of halogens is 1. The Hall–Kier alpha value is -2.44. The Kier molecular flexibility index (Phi) is 4.61. The van der Waals surface area contributed by atoms with Gasteiger partial charge >= 0.3 is 0 Å². The Morgan fingerprint density at radius 3 is 2.78 bits per heavy atom. The van der Waals surface area contributed by atoms with E-state index in [1.54, 1.807) is 0 Å². The fourth-order valence-corrected chi connectivity index (χ4v) is 3.96. The SMILES string of the molecule is Cc1[nH]c2ncnc(NC(=O)C3(c4cccc(Cl)c4)CCOCC3)c2c1C. The second-order valence-electron chi connectivity index (χ2n) is 6.98. The first-order valence-corrected chi connectivity index (χ1v) is 9.34. The summed E-state index contributed by atoms with van der Waals surface area (Å²) in [5, 5.41) is 4.52. The van der Waals surface area contributed by atoms with Crippen molar-refractivity contribution in [2.45, 2.75) is 32.1 Å². The molecule has 7 heteroatoms. The molecule has 2 aromatic heterocycles. The fourth-order valence-electron chi connectivity index (χ4n) is 3.77. The van der Waals surface area contributed by atoms with Crippen molar-refractivity contribution in [1.82, 2.24) is 15.0 Å². The third-order valence-corrected chi connectivity index (χ3v) is 5.72. The van der Waals surface area contributed by atoms with E-state index in [1.807, 2.05) is 38.1 Å². The van der Waals surface area contributed by atoms with Crippen LogP contribution in [0.4, 0.5) is 5.82 Å². The summed E-state index contributed by atoms with van der Waals surface area (Å²) in [6.07, 6.45) is 2.65. The summed E-state index contributed by atoms with van der Waals surface area (Å²) in [5.74, 6) is 0.436. The van der Waals surface area contributed by atoms with Crippen molar-refractivity contribution in [3.05, 3.63) is 52.4 Å². The van der Waals surface area contributed by atoms with Gasteiger partial charge in [-0.3, -0.25) is 4.79 Å². The first-order valence-electron chi connectivity index (χ1n) is 8.96. The van der Waals surface area contributed by atoms with Crippen LogP contribution in [-0.2, 0) is 14.9 Å². The molecule has 1 fully saturated rings. The molecule has 0 spiro atoms. The summed E-state index contributed by atoms with van der Waals surface area (Å²) >= 11 is 6.20. The van der Waals surface area contributed by atoms with E-state index in [-0.39, 0.29) is 5.91 Å². The second-order valence-corrected chi connectivity index (χ2v) is 7.42. The lowest BCUT2D eigenvalue weighted by atomic mass is 9.73. The van der Waals surface area contributed by atoms with Crippen LogP contribution in [0.25, 0.3) is 11.0 Å². The number of nitrogens with zero attached hydrogens (tertiary/aromatic N) is 2. The first-order chi connectivity index (χ1) is 13.0. The third kappa shape index (κ3) is 3.09. The van der Waals surface area contributed by atoms with Crippen LogP contribution in [-0.4, -0.2) is 34.1 Å². The maximum Gasteiger partial charge on any atom is 0.236 e. The molecule has 3 aromatic rings. The molecule has 0 radical (unpaired) electrons. The number of amides is 1. The normalized spacial score (nSPS) is 16.4. The number of hydrogen-bond donors (Lipinski definition) is 2. The number of carbonyl (C=O) groups is 1. The summed E-state index contributed by atoms with van der Waals surface area (Å²) in [6.45, 7) is 5.03. The molecule has 0 saturated carbocycles. The summed E-state index contributed by atoms with van der Waals surface area (Å²) < 4.78 is 5.53. The minimum absolute atomic E-state index is 0.0914. The van der Waals surface area contributed by atoms with Crippen LogP contribution in [0.2, 0.25) is 5.02 Å². The molecule has 4 rings (SSSR count). The first kappa shape index (κ1) is 17.9. The van der Waals surface area contributed by atoms with Crippen LogP contribution in [0.5, 0.6) is 0 Å². The number of rotatable bonds is 3. The molecule has 1 aliphatic rings. The van der Waals surface area contributed by atoms with E-state index in [0.717, 1.165) is 27.9 Å². The zero-order valence-electron chi connectivity index (χ0n) is 15.3. The van der Waals surface area contributed by atoms with Gasteiger partial charge in [0.25, 0.3) is 0 Å². The Labute approximate surface area is 162 Å². The molecule has 3 heterocycles. The summed E-state index contributed by atoms with van der Waals surface area (Å²) in [5.41, 5.74) is 2.98. The average Bonchev–Trinajstić information content (AvgIpc) is 2.97. The highest BCUT2D eigenvalue weighted by Crippen LogP contribution is 2.37. The zero-order valence-corrected chi connectivity index (χ0v) is 16.1. The number of anilines is 1. The lowest BCUT2D eigenvalue weighted by Crippen LogP contribution is -2.45. The number of nitrogens with one attached hydrogen (secondary N) is 2.